The molecule has 0 amide bonds. The van der Waals surface area contributed by atoms with Gasteiger partial charge in [-0.25, -0.2) is 13.3 Å². The standard InChI is InChI=1S/C17H13N3O3S/c1-11-6-7-15(17-16(11)12(10-21)9-19-17)20-24(22,23)14-5-3-4-13(8-14)18-2/h3-10,19-20H,1H3. The van der Waals surface area contributed by atoms with Gasteiger partial charge in [-0.1, -0.05) is 18.2 Å². The van der Waals surface area contributed by atoms with Gasteiger partial charge in [-0.05, 0) is 30.7 Å². The molecule has 0 fully saturated rings. The Bertz CT molecular complexity index is 1090. The molecule has 1 aromatic heterocycles. The van der Waals surface area contributed by atoms with Gasteiger partial charge in [-0.2, -0.15) is 0 Å². The summed E-state index contributed by atoms with van der Waals surface area (Å²) in [5.41, 5.74) is 2.47. The van der Waals surface area contributed by atoms with Crippen LogP contribution in [0.5, 0.6) is 0 Å². The lowest BCUT2D eigenvalue weighted by Gasteiger charge is -2.10. The van der Waals surface area contributed by atoms with Crippen LogP contribution >= 0.6 is 0 Å². The Kier molecular flexibility index (Phi) is 3.83. The van der Waals surface area contributed by atoms with E-state index in [1.807, 2.05) is 6.92 Å². The summed E-state index contributed by atoms with van der Waals surface area (Å²) in [6.07, 6.45) is 2.27. The number of hydrogen-bond acceptors (Lipinski definition) is 3. The maximum absolute atomic E-state index is 12.6. The number of H-pyrrole nitrogens is 1. The van der Waals surface area contributed by atoms with E-state index in [9.17, 15) is 13.2 Å². The van der Waals surface area contributed by atoms with E-state index in [0.29, 0.717) is 22.2 Å². The van der Waals surface area contributed by atoms with Gasteiger partial charge in [0.05, 0.1) is 22.7 Å². The fourth-order valence-corrected chi connectivity index (χ4v) is 3.66. The molecule has 6 nitrogen and oxygen atoms in total. The third kappa shape index (κ3) is 2.64. The first kappa shape index (κ1) is 15.8. The second kappa shape index (κ2) is 5.83. The van der Waals surface area contributed by atoms with E-state index >= 15 is 0 Å². The van der Waals surface area contributed by atoms with Gasteiger partial charge in [0.15, 0.2) is 12.0 Å². The molecule has 0 atom stereocenters. The van der Waals surface area contributed by atoms with E-state index in [1.54, 1.807) is 18.3 Å². The molecule has 0 aliphatic carbocycles. The summed E-state index contributed by atoms with van der Waals surface area (Å²) in [4.78, 5) is 17.3. The summed E-state index contributed by atoms with van der Waals surface area (Å²) in [7, 11) is -3.85. The van der Waals surface area contributed by atoms with E-state index in [-0.39, 0.29) is 10.6 Å². The molecule has 3 aromatic rings. The second-order valence-electron chi connectivity index (χ2n) is 5.26. The molecule has 0 aliphatic heterocycles. The van der Waals surface area contributed by atoms with Gasteiger partial charge in [0, 0.05) is 17.1 Å². The van der Waals surface area contributed by atoms with Crippen LogP contribution in [0.25, 0.3) is 15.7 Å². The Balaban J connectivity index is 2.09. The van der Waals surface area contributed by atoms with Crippen LogP contribution in [0.15, 0.2) is 47.5 Å². The number of anilines is 1. The molecular weight excluding hydrogens is 326 g/mol. The number of rotatable bonds is 4. The third-order valence-electron chi connectivity index (χ3n) is 3.70. The van der Waals surface area contributed by atoms with Crippen molar-refractivity contribution >= 4 is 38.6 Å². The summed E-state index contributed by atoms with van der Waals surface area (Å²) in [5, 5.41) is 0.681. The highest BCUT2D eigenvalue weighted by molar-refractivity contribution is 7.92. The fraction of sp³-hybridized carbons (Fsp3) is 0.0588. The zero-order valence-corrected chi connectivity index (χ0v) is 13.5. The number of hydrogen-bond donors (Lipinski definition) is 2. The molecule has 24 heavy (non-hydrogen) atoms. The molecule has 0 aliphatic rings. The molecule has 2 N–H and O–H groups in total. The second-order valence-corrected chi connectivity index (χ2v) is 6.94. The van der Waals surface area contributed by atoms with Gasteiger partial charge in [0.1, 0.15) is 0 Å². The number of aromatic nitrogens is 1. The number of fused-ring (bicyclic) bond motifs is 1. The van der Waals surface area contributed by atoms with E-state index in [4.69, 9.17) is 6.57 Å². The van der Waals surface area contributed by atoms with Crippen LogP contribution in [0, 0.1) is 13.5 Å². The van der Waals surface area contributed by atoms with Crippen molar-refractivity contribution in [2.24, 2.45) is 0 Å². The quantitative estimate of drug-likeness (QED) is 0.562. The topological polar surface area (TPSA) is 83.4 Å². The van der Waals surface area contributed by atoms with Gasteiger partial charge in [-0.3, -0.25) is 9.52 Å². The Hall–Kier alpha value is -3.11. The monoisotopic (exact) mass is 339 g/mol. The Morgan fingerprint density at radius 3 is 2.75 bits per heavy atom. The molecule has 0 radical (unpaired) electrons. The minimum atomic E-state index is -3.85. The Morgan fingerprint density at radius 2 is 2.04 bits per heavy atom. The highest BCUT2D eigenvalue weighted by atomic mass is 32.2. The van der Waals surface area contributed by atoms with Crippen LogP contribution in [0.4, 0.5) is 11.4 Å². The van der Waals surface area contributed by atoms with Crippen molar-refractivity contribution in [2.45, 2.75) is 11.8 Å². The molecule has 2 aromatic carbocycles. The number of carbonyl (C=O) groups is 1. The number of sulfonamides is 1. The van der Waals surface area contributed by atoms with Crippen molar-refractivity contribution in [3.05, 3.63) is 65.1 Å². The summed E-state index contributed by atoms with van der Waals surface area (Å²) >= 11 is 0. The average Bonchev–Trinajstić information content (AvgIpc) is 3.02. The van der Waals surface area contributed by atoms with Crippen molar-refractivity contribution in [3.63, 3.8) is 0 Å². The van der Waals surface area contributed by atoms with Crippen LogP contribution in [0.2, 0.25) is 0 Å². The minimum Gasteiger partial charge on any atom is -0.359 e. The first-order valence-electron chi connectivity index (χ1n) is 7.02. The summed E-state index contributed by atoms with van der Waals surface area (Å²) in [6, 6.07) is 9.18. The van der Waals surface area contributed by atoms with Crippen LogP contribution in [0.3, 0.4) is 0 Å². The van der Waals surface area contributed by atoms with Gasteiger partial charge in [0.2, 0.25) is 0 Å². The Labute approximate surface area is 139 Å². The molecule has 120 valence electrons. The number of carbonyl (C=O) groups excluding carboxylic acids is 1. The molecule has 3 rings (SSSR count). The van der Waals surface area contributed by atoms with Crippen molar-refractivity contribution in [1.82, 2.24) is 4.98 Å². The molecule has 0 spiro atoms. The minimum absolute atomic E-state index is 0.00638. The maximum atomic E-state index is 12.6. The van der Waals surface area contributed by atoms with Crippen LogP contribution in [0.1, 0.15) is 15.9 Å². The van der Waals surface area contributed by atoms with Crippen LogP contribution in [-0.4, -0.2) is 19.7 Å². The lowest BCUT2D eigenvalue weighted by molar-refractivity contribution is 0.112. The normalized spacial score (nSPS) is 11.2. The average molecular weight is 339 g/mol. The van der Waals surface area contributed by atoms with Crippen molar-refractivity contribution in [3.8, 4) is 0 Å². The van der Waals surface area contributed by atoms with E-state index in [0.717, 1.165) is 11.8 Å². The lowest BCUT2D eigenvalue weighted by Crippen LogP contribution is -2.13. The Morgan fingerprint density at radius 1 is 1.25 bits per heavy atom. The van der Waals surface area contributed by atoms with Crippen molar-refractivity contribution in [1.29, 1.82) is 0 Å². The van der Waals surface area contributed by atoms with E-state index in [1.165, 1.54) is 24.3 Å². The first-order chi connectivity index (χ1) is 11.5. The van der Waals surface area contributed by atoms with Crippen molar-refractivity contribution < 1.29 is 13.2 Å². The predicted octanol–water partition coefficient (Wildman–Crippen LogP) is 3.64. The van der Waals surface area contributed by atoms with Crippen LogP contribution in [-0.2, 0) is 10.0 Å². The number of benzene rings is 2. The third-order valence-corrected chi connectivity index (χ3v) is 5.07. The molecule has 0 unspecified atom stereocenters. The number of aldehydes is 1. The number of aryl methyl sites for hydroxylation is 1. The number of aromatic amines is 1. The summed E-state index contributed by atoms with van der Waals surface area (Å²) in [5.74, 6) is 0. The molecule has 0 saturated heterocycles. The molecular formula is C17H13N3O3S. The van der Waals surface area contributed by atoms with Crippen molar-refractivity contribution in [2.75, 3.05) is 4.72 Å². The van der Waals surface area contributed by atoms with E-state index in [2.05, 4.69) is 14.6 Å². The van der Waals surface area contributed by atoms with Crippen LogP contribution < -0.4 is 4.72 Å². The summed E-state index contributed by atoms with van der Waals surface area (Å²) in [6.45, 7) is 8.84. The molecule has 0 bridgehead atoms. The maximum Gasteiger partial charge on any atom is 0.260 e. The number of nitrogens with zero attached hydrogens (tertiary/aromatic N) is 1. The molecule has 1 heterocycles. The molecule has 0 saturated carbocycles. The number of nitrogens with one attached hydrogen (secondary N) is 2. The fourth-order valence-electron chi connectivity index (χ4n) is 2.55. The van der Waals surface area contributed by atoms with Gasteiger partial charge >= 0.3 is 0 Å². The zero-order chi connectivity index (χ0) is 17.3. The molecule has 7 heteroatoms. The van der Waals surface area contributed by atoms with E-state index < -0.39 is 10.0 Å². The SMILES string of the molecule is [C-]#[N+]c1cccc(S(=O)(=O)Nc2ccc(C)c3c(C=O)c[nH]c23)c1. The highest BCUT2D eigenvalue weighted by Crippen LogP contribution is 2.30. The van der Waals surface area contributed by atoms with Gasteiger partial charge in [0.25, 0.3) is 10.0 Å². The lowest BCUT2D eigenvalue weighted by atomic mass is 10.1. The smallest absolute Gasteiger partial charge is 0.260 e. The van der Waals surface area contributed by atoms with Gasteiger partial charge < -0.3 is 4.98 Å². The largest absolute Gasteiger partial charge is 0.359 e. The first-order valence-corrected chi connectivity index (χ1v) is 8.51. The highest BCUT2D eigenvalue weighted by Gasteiger charge is 2.18. The van der Waals surface area contributed by atoms with Gasteiger partial charge in [-0.15, -0.1) is 0 Å². The predicted molar refractivity (Wildman–Crippen MR) is 91.9 cm³/mol. The zero-order valence-electron chi connectivity index (χ0n) is 12.7. The summed E-state index contributed by atoms with van der Waals surface area (Å²) < 4.78 is 27.7.